The molecule has 2 aromatic carbocycles. The molecule has 0 aromatic heterocycles. The first kappa shape index (κ1) is 15.5. The fourth-order valence-electron chi connectivity index (χ4n) is 2.07. The van der Waals surface area contributed by atoms with E-state index in [1.54, 1.807) is 7.11 Å². The zero-order chi connectivity index (χ0) is 12.8. The van der Waals surface area contributed by atoms with Crippen molar-refractivity contribution >= 4 is 12.4 Å². The van der Waals surface area contributed by atoms with E-state index in [9.17, 15) is 0 Å². The van der Waals surface area contributed by atoms with Crippen LogP contribution in [0.1, 0.15) is 17.2 Å². The smallest absolute Gasteiger partial charge is 0.118 e. The van der Waals surface area contributed by atoms with Crippen LogP contribution in [0.2, 0.25) is 0 Å². The maximum absolute atomic E-state index is 5.17. The van der Waals surface area contributed by atoms with E-state index in [0.29, 0.717) is 6.04 Å². The molecule has 19 heavy (non-hydrogen) atoms. The Kier molecular flexibility index (Phi) is 6.40. The van der Waals surface area contributed by atoms with Crippen LogP contribution in [-0.2, 0) is 6.42 Å². The lowest BCUT2D eigenvalue weighted by Gasteiger charge is -2.16. The van der Waals surface area contributed by atoms with Crippen LogP contribution in [0.5, 0.6) is 5.75 Å². The largest absolute Gasteiger partial charge is 0.497 e. The Labute approximate surface area is 121 Å². The van der Waals surface area contributed by atoms with Crippen molar-refractivity contribution in [3.63, 3.8) is 0 Å². The van der Waals surface area contributed by atoms with Gasteiger partial charge in [0.05, 0.1) is 7.11 Å². The van der Waals surface area contributed by atoms with Crippen LogP contribution < -0.4 is 10.1 Å². The fourth-order valence-corrected chi connectivity index (χ4v) is 2.07. The third-order valence-corrected chi connectivity index (χ3v) is 3.15. The number of nitrogens with one attached hydrogen (secondary N) is 1. The summed E-state index contributed by atoms with van der Waals surface area (Å²) < 4.78 is 5.17. The minimum absolute atomic E-state index is 0. The SMILES string of the molecule is CNC(Cc1ccc(OC)cc1)c1ccccc1.Cl. The summed E-state index contributed by atoms with van der Waals surface area (Å²) in [6, 6.07) is 19.1. The molecular formula is C16H20ClNO. The molecule has 0 radical (unpaired) electrons. The number of benzene rings is 2. The normalized spacial score (nSPS) is 11.5. The average molecular weight is 278 g/mol. The Balaban J connectivity index is 0.00000180. The molecule has 1 atom stereocenters. The Morgan fingerprint density at radius 2 is 1.63 bits per heavy atom. The lowest BCUT2D eigenvalue weighted by Crippen LogP contribution is -2.18. The van der Waals surface area contributed by atoms with Gasteiger partial charge in [0.1, 0.15) is 5.75 Å². The van der Waals surface area contributed by atoms with Crippen molar-refractivity contribution in [2.24, 2.45) is 0 Å². The molecule has 0 aliphatic heterocycles. The average Bonchev–Trinajstić information content (AvgIpc) is 2.46. The molecule has 0 spiro atoms. The molecule has 0 fully saturated rings. The number of methoxy groups -OCH3 is 1. The summed E-state index contributed by atoms with van der Waals surface area (Å²) in [7, 11) is 3.69. The summed E-state index contributed by atoms with van der Waals surface area (Å²) in [6.45, 7) is 0. The van der Waals surface area contributed by atoms with Gasteiger partial charge in [0.2, 0.25) is 0 Å². The molecule has 0 bridgehead atoms. The summed E-state index contributed by atoms with van der Waals surface area (Å²) in [5.74, 6) is 0.902. The maximum Gasteiger partial charge on any atom is 0.118 e. The summed E-state index contributed by atoms with van der Waals surface area (Å²) in [4.78, 5) is 0. The highest BCUT2D eigenvalue weighted by Gasteiger charge is 2.09. The van der Waals surface area contributed by atoms with Crippen molar-refractivity contribution in [1.82, 2.24) is 5.32 Å². The third kappa shape index (κ3) is 4.27. The highest BCUT2D eigenvalue weighted by Crippen LogP contribution is 2.19. The van der Waals surface area contributed by atoms with E-state index in [0.717, 1.165) is 12.2 Å². The molecule has 0 saturated heterocycles. The number of hydrogen-bond acceptors (Lipinski definition) is 2. The summed E-state index contributed by atoms with van der Waals surface area (Å²) in [5.41, 5.74) is 2.62. The van der Waals surface area contributed by atoms with Crippen LogP contribution in [0.4, 0.5) is 0 Å². The molecule has 102 valence electrons. The van der Waals surface area contributed by atoms with E-state index in [4.69, 9.17) is 4.74 Å². The Morgan fingerprint density at radius 1 is 1.00 bits per heavy atom. The monoisotopic (exact) mass is 277 g/mol. The first-order valence-corrected chi connectivity index (χ1v) is 6.18. The number of hydrogen-bond donors (Lipinski definition) is 1. The molecule has 0 amide bonds. The first-order chi connectivity index (χ1) is 8.83. The van der Waals surface area contributed by atoms with Gasteiger partial charge in [-0.15, -0.1) is 12.4 Å². The van der Waals surface area contributed by atoms with Crippen LogP contribution in [0.15, 0.2) is 54.6 Å². The molecule has 2 rings (SSSR count). The molecule has 0 saturated carbocycles. The van der Waals surface area contributed by atoms with Gasteiger partial charge in [-0.25, -0.2) is 0 Å². The lowest BCUT2D eigenvalue weighted by molar-refractivity contribution is 0.414. The first-order valence-electron chi connectivity index (χ1n) is 6.18. The van der Waals surface area contributed by atoms with Gasteiger partial charge >= 0.3 is 0 Å². The van der Waals surface area contributed by atoms with Crippen LogP contribution in [-0.4, -0.2) is 14.2 Å². The van der Waals surface area contributed by atoms with Gasteiger partial charge in [-0.3, -0.25) is 0 Å². The van der Waals surface area contributed by atoms with E-state index in [-0.39, 0.29) is 12.4 Å². The van der Waals surface area contributed by atoms with E-state index in [2.05, 4.69) is 41.7 Å². The number of halogens is 1. The summed E-state index contributed by atoms with van der Waals surface area (Å²) in [5, 5.41) is 3.36. The van der Waals surface area contributed by atoms with Crippen molar-refractivity contribution in [3.05, 3.63) is 65.7 Å². The molecular weight excluding hydrogens is 258 g/mol. The van der Waals surface area contributed by atoms with Crippen molar-refractivity contribution in [2.45, 2.75) is 12.5 Å². The second kappa shape index (κ2) is 7.82. The Hall–Kier alpha value is -1.51. The second-order valence-electron chi connectivity index (χ2n) is 4.30. The van der Waals surface area contributed by atoms with Crippen LogP contribution in [0.3, 0.4) is 0 Å². The zero-order valence-electron chi connectivity index (χ0n) is 11.3. The van der Waals surface area contributed by atoms with Crippen LogP contribution >= 0.6 is 12.4 Å². The second-order valence-corrected chi connectivity index (χ2v) is 4.30. The maximum atomic E-state index is 5.17. The minimum Gasteiger partial charge on any atom is -0.497 e. The van der Waals surface area contributed by atoms with Gasteiger partial charge in [-0.05, 0) is 36.7 Å². The quantitative estimate of drug-likeness (QED) is 0.901. The molecule has 0 aliphatic carbocycles. The zero-order valence-corrected chi connectivity index (χ0v) is 12.1. The highest BCUT2D eigenvalue weighted by molar-refractivity contribution is 5.85. The van der Waals surface area contributed by atoms with Gasteiger partial charge in [-0.2, -0.15) is 0 Å². The Bertz CT molecular complexity index is 470. The standard InChI is InChI=1S/C16H19NO.ClH/c1-17-16(14-6-4-3-5-7-14)12-13-8-10-15(18-2)11-9-13;/h3-11,16-17H,12H2,1-2H3;1H. The van der Waals surface area contributed by atoms with Gasteiger partial charge in [0.25, 0.3) is 0 Å². The fraction of sp³-hybridized carbons (Fsp3) is 0.250. The topological polar surface area (TPSA) is 21.3 Å². The molecule has 3 heteroatoms. The van der Waals surface area contributed by atoms with E-state index in [1.807, 2.05) is 25.2 Å². The van der Waals surface area contributed by atoms with E-state index < -0.39 is 0 Å². The molecule has 0 aliphatic rings. The number of likely N-dealkylation sites (N-methyl/N-ethyl adjacent to an activating group) is 1. The molecule has 0 heterocycles. The lowest BCUT2D eigenvalue weighted by atomic mass is 9.99. The van der Waals surface area contributed by atoms with Crippen molar-refractivity contribution in [1.29, 1.82) is 0 Å². The van der Waals surface area contributed by atoms with Crippen molar-refractivity contribution in [3.8, 4) is 5.75 Å². The molecule has 1 N–H and O–H groups in total. The Morgan fingerprint density at radius 3 is 2.16 bits per heavy atom. The van der Waals surface area contributed by atoms with E-state index >= 15 is 0 Å². The predicted octanol–water partition coefficient (Wildman–Crippen LogP) is 3.62. The number of rotatable bonds is 5. The van der Waals surface area contributed by atoms with Gasteiger partial charge in [-0.1, -0.05) is 42.5 Å². The number of ether oxygens (including phenoxy) is 1. The van der Waals surface area contributed by atoms with Crippen LogP contribution in [0, 0.1) is 0 Å². The van der Waals surface area contributed by atoms with Gasteiger partial charge in [0.15, 0.2) is 0 Å². The van der Waals surface area contributed by atoms with Crippen LogP contribution in [0.25, 0.3) is 0 Å². The molecule has 2 nitrogen and oxygen atoms in total. The van der Waals surface area contributed by atoms with Gasteiger partial charge < -0.3 is 10.1 Å². The van der Waals surface area contributed by atoms with Gasteiger partial charge in [0, 0.05) is 6.04 Å². The summed E-state index contributed by atoms with van der Waals surface area (Å²) in [6.07, 6.45) is 0.977. The van der Waals surface area contributed by atoms with E-state index in [1.165, 1.54) is 11.1 Å². The predicted molar refractivity (Wildman–Crippen MR) is 82.2 cm³/mol. The highest BCUT2D eigenvalue weighted by atomic mass is 35.5. The molecule has 1 unspecified atom stereocenters. The van der Waals surface area contributed by atoms with Crippen molar-refractivity contribution < 1.29 is 4.74 Å². The van der Waals surface area contributed by atoms with Crippen molar-refractivity contribution in [2.75, 3.05) is 14.2 Å². The third-order valence-electron chi connectivity index (χ3n) is 3.15. The summed E-state index contributed by atoms with van der Waals surface area (Å²) >= 11 is 0. The minimum atomic E-state index is 0. The molecule has 2 aromatic rings.